The highest BCUT2D eigenvalue weighted by molar-refractivity contribution is 6.04. The fourth-order valence-electron chi connectivity index (χ4n) is 3.44. The Labute approximate surface area is 163 Å². The number of fused-ring (bicyclic) bond motifs is 1. The van der Waals surface area contributed by atoms with Crippen molar-refractivity contribution in [2.75, 3.05) is 0 Å². The Morgan fingerprint density at radius 1 is 1.04 bits per heavy atom. The summed E-state index contributed by atoms with van der Waals surface area (Å²) in [6.07, 6.45) is 1.68. The maximum absolute atomic E-state index is 12.4. The quantitative estimate of drug-likeness (QED) is 0.568. The molecule has 0 fully saturated rings. The van der Waals surface area contributed by atoms with E-state index in [1.165, 1.54) is 0 Å². The lowest BCUT2D eigenvalue weighted by Gasteiger charge is -2.18. The lowest BCUT2D eigenvalue weighted by Crippen LogP contribution is -2.16. The van der Waals surface area contributed by atoms with Crippen LogP contribution in [0.3, 0.4) is 0 Å². The van der Waals surface area contributed by atoms with Crippen LogP contribution in [0.2, 0.25) is 0 Å². The van der Waals surface area contributed by atoms with E-state index in [0.29, 0.717) is 11.3 Å². The number of hydrogen-bond acceptors (Lipinski definition) is 3. The molecule has 140 valence electrons. The molecule has 0 aliphatic rings. The van der Waals surface area contributed by atoms with Gasteiger partial charge in [-0.2, -0.15) is 0 Å². The molecule has 1 heterocycles. The molecule has 0 atom stereocenters. The van der Waals surface area contributed by atoms with E-state index in [2.05, 4.69) is 4.98 Å². The minimum absolute atomic E-state index is 0.444. The minimum Gasteiger partial charge on any atom is -0.386 e. The summed E-state index contributed by atoms with van der Waals surface area (Å²) in [5.74, 6) is -0.496. The van der Waals surface area contributed by atoms with Crippen LogP contribution < -0.4 is 5.73 Å². The van der Waals surface area contributed by atoms with Gasteiger partial charge in [-0.3, -0.25) is 9.36 Å². The zero-order valence-corrected chi connectivity index (χ0v) is 15.8. The zero-order chi connectivity index (χ0) is 19.9. The van der Waals surface area contributed by atoms with Gasteiger partial charge in [0.05, 0.1) is 27.9 Å². The van der Waals surface area contributed by atoms with Gasteiger partial charge < -0.3 is 10.8 Å². The van der Waals surface area contributed by atoms with Gasteiger partial charge in [-0.05, 0) is 48.7 Å². The number of aromatic nitrogens is 2. The summed E-state index contributed by atoms with van der Waals surface area (Å²) < 4.78 is 1.86. The molecule has 5 heteroatoms. The summed E-state index contributed by atoms with van der Waals surface area (Å²) in [5.41, 5.74) is 9.99. The van der Waals surface area contributed by atoms with E-state index in [1.54, 1.807) is 20.2 Å². The first-order chi connectivity index (χ1) is 13.4. The topological polar surface area (TPSA) is 81.1 Å². The second kappa shape index (κ2) is 6.62. The van der Waals surface area contributed by atoms with Crippen LogP contribution >= 0.6 is 0 Å². The van der Waals surface area contributed by atoms with Crippen LogP contribution in [0.15, 0.2) is 73.1 Å². The van der Waals surface area contributed by atoms with Crippen LogP contribution in [0.4, 0.5) is 0 Å². The third-order valence-corrected chi connectivity index (χ3v) is 4.89. The number of aliphatic hydroxyl groups is 1. The summed E-state index contributed by atoms with van der Waals surface area (Å²) in [6, 6.07) is 21.0. The second-order valence-electron chi connectivity index (χ2n) is 7.31. The number of nitrogens with zero attached hydrogens (tertiary/aromatic N) is 2. The summed E-state index contributed by atoms with van der Waals surface area (Å²) in [4.78, 5) is 16.9. The van der Waals surface area contributed by atoms with Crippen molar-refractivity contribution in [1.82, 2.24) is 9.55 Å². The highest BCUT2D eigenvalue weighted by Crippen LogP contribution is 2.31. The third-order valence-electron chi connectivity index (χ3n) is 4.89. The number of primary amides is 1. The van der Waals surface area contributed by atoms with Gasteiger partial charge in [0.25, 0.3) is 5.91 Å². The number of imidazole rings is 1. The van der Waals surface area contributed by atoms with Gasteiger partial charge in [-0.25, -0.2) is 4.98 Å². The normalized spacial score (nSPS) is 11.7. The molecule has 5 nitrogen and oxygen atoms in total. The molecule has 0 aliphatic carbocycles. The van der Waals surface area contributed by atoms with Crippen molar-refractivity contribution < 1.29 is 9.90 Å². The Balaban J connectivity index is 1.94. The molecule has 0 spiro atoms. The number of amides is 1. The molecule has 0 bridgehead atoms. The lowest BCUT2D eigenvalue weighted by atomic mass is 9.97. The summed E-state index contributed by atoms with van der Waals surface area (Å²) in [5, 5.41) is 10.3. The fourth-order valence-corrected chi connectivity index (χ4v) is 3.44. The molecule has 1 aromatic heterocycles. The first-order valence-electron chi connectivity index (χ1n) is 9.05. The monoisotopic (exact) mass is 371 g/mol. The summed E-state index contributed by atoms with van der Waals surface area (Å²) >= 11 is 0. The zero-order valence-electron chi connectivity index (χ0n) is 15.8. The molecule has 1 amide bonds. The number of hydrogen-bond donors (Lipinski definition) is 2. The maximum atomic E-state index is 12.4. The Morgan fingerprint density at radius 2 is 1.79 bits per heavy atom. The average molecular weight is 371 g/mol. The van der Waals surface area contributed by atoms with E-state index in [-0.39, 0.29) is 0 Å². The largest absolute Gasteiger partial charge is 0.386 e. The van der Waals surface area contributed by atoms with E-state index >= 15 is 0 Å². The summed E-state index contributed by atoms with van der Waals surface area (Å²) in [7, 11) is 0. The Hall–Kier alpha value is -3.44. The molecule has 3 N–H and O–H groups in total. The van der Waals surface area contributed by atoms with Crippen molar-refractivity contribution in [3.63, 3.8) is 0 Å². The van der Waals surface area contributed by atoms with Crippen molar-refractivity contribution in [2.24, 2.45) is 5.73 Å². The Morgan fingerprint density at radius 3 is 2.46 bits per heavy atom. The van der Waals surface area contributed by atoms with Crippen LogP contribution in [0, 0.1) is 0 Å². The second-order valence-corrected chi connectivity index (χ2v) is 7.31. The van der Waals surface area contributed by atoms with Crippen LogP contribution in [0.25, 0.3) is 27.8 Å². The van der Waals surface area contributed by atoms with Crippen molar-refractivity contribution in [3.05, 3.63) is 84.2 Å². The highest BCUT2D eigenvalue weighted by atomic mass is 16.3. The predicted octanol–water partition coefficient (Wildman–Crippen LogP) is 4.02. The molecule has 4 aromatic rings. The van der Waals surface area contributed by atoms with Crippen molar-refractivity contribution in [3.8, 4) is 16.8 Å². The van der Waals surface area contributed by atoms with Gasteiger partial charge in [0.1, 0.15) is 6.33 Å². The number of nitrogens with two attached hydrogens (primary N) is 1. The van der Waals surface area contributed by atoms with Gasteiger partial charge in [-0.1, -0.05) is 48.5 Å². The highest BCUT2D eigenvalue weighted by Gasteiger charge is 2.20. The van der Waals surface area contributed by atoms with Crippen LogP contribution in [-0.2, 0) is 5.60 Å². The maximum Gasteiger partial charge on any atom is 0.251 e. The van der Waals surface area contributed by atoms with Crippen LogP contribution in [0.5, 0.6) is 0 Å². The Bertz CT molecular complexity index is 1170. The van der Waals surface area contributed by atoms with E-state index < -0.39 is 11.5 Å². The molecule has 0 saturated carbocycles. The fraction of sp³-hybridized carbons (Fsp3) is 0.130. The lowest BCUT2D eigenvalue weighted by molar-refractivity contribution is 0.0787. The van der Waals surface area contributed by atoms with E-state index in [1.807, 2.05) is 71.3 Å². The molecule has 0 radical (unpaired) electrons. The van der Waals surface area contributed by atoms with E-state index in [4.69, 9.17) is 5.73 Å². The molecule has 0 saturated heterocycles. The van der Waals surface area contributed by atoms with Crippen molar-refractivity contribution in [2.45, 2.75) is 19.4 Å². The molecular formula is C23H21N3O2. The molecule has 4 rings (SSSR count). The molecule has 0 unspecified atom stereocenters. The van der Waals surface area contributed by atoms with Gasteiger partial charge >= 0.3 is 0 Å². The molecule has 3 aromatic carbocycles. The SMILES string of the molecule is CC(C)(O)c1ccc2c(c1)ncn2-c1cccc(-c2ccccc2)c1C(N)=O. The van der Waals surface area contributed by atoms with Gasteiger partial charge in [0.2, 0.25) is 0 Å². The number of carbonyl (C=O) groups excluding carboxylic acids is 1. The van der Waals surface area contributed by atoms with Crippen molar-refractivity contribution >= 4 is 16.9 Å². The first kappa shape index (κ1) is 17.9. The van der Waals surface area contributed by atoms with Crippen molar-refractivity contribution in [1.29, 1.82) is 0 Å². The van der Waals surface area contributed by atoms with Gasteiger partial charge in [0.15, 0.2) is 0 Å². The smallest absolute Gasteiger partial charge is 0.251 e. The van der Waals surface area contributed by atoms with E-state index in [9.17, 15) is 9.90 Å². The minimum atomic E-state index is -0.955. The van der Waals surface area contributed by atoms with Crippen LogP contribution in [0.1, 0.15) is 29.8 Å². The van der Waals surface area contributed by atoms with Gasteiger partial charge in [-0.15, -0.1) is 0 Å². The van der Waals surface area contributed by atoms with Gasteiger partial charge in [0, 0.05) is 0 Å². The number of benzene rings is 3. The summed E-state index contributed by atoms with van der Waals surface area (Å²) in [6.45, 7) is 3.47. The molecule has 28 heavy (non-hydrogen) atoms. The molecular weight excluding hydrogens is 350 g/mol. The molecule has 0 aliphatic heterocycles. The average Bonchev–Trinajstić information content (AvgIpc) is 3.10. The number of carbonyl (C=O) groups is 1. The Kier molecular flexibility index (Phi) is 4.24. The van der Waals surface area contributed by atoms with E-state index in [0.717, 1.165) is 27.7 Å². The third kappa shape index (κ3) is 3.06. The predicted molar refractivity (Wildman–Crippen MR) is 110 cm³/mol. The first-order valence-corrected chi connectivity index (χ1v) is 9.05. The van der Waals surface area contributed by atoms with Crippen LogP contribution in [-0.4, -0.2) is 20.6 Å². The number of rotatable bonds is 4. The standard InChI is InChI=1S/C23H21N3O2/c1-23(2,28)16-11-12-19-18(13-16)25-14-26(19)20-10-6-9-17(21(20)22(24)27)15-7-4-3-5-8-15/h3-14,28H,1-2H3,(H2,24,27).